The first kappa shape index (κ1) is 50.5. The highest BCUT2D eigenvalue weighted by atomic mass is 31.2. The molecule has 0 bridgehead atoms. The average Bonchev–Trinajstić information content (AvgIpc) is 3.14. The van der Waals surface area contributed by atoms with Crippen LogP contribution in [0.15, 0.2) is 72.9 Å². The van der Waals surface area contributed by atoms with Crippen LogP contribution in [0.5, 0.6) is 0 Å². The highest BCUT2D eigenvalue weighted by molar-refractivity contribution is 7.47. The highest BCUT2D eigenvalue weighted by Gasteiger charge is 2.25. The van der Waals surface area contributed by atoms with Crippen LogP contribution in [-0.4, -0.2) is 49.3 Å². The first-order valence-electron chi connectivity index (χ1n) is 20.4. The van der Waals surface area contributed by atoms with Crippen molar-refractivity contribution in [1.29, 1.82) is 0 Å². The number of phosphoric ester groups is 1. The lowest BCUT2D eigenvalue weighted by molar-refractivity contribution is -0.161. The Bertz CT molecular complexity index is 1100. The van der Waals surface area contributed by atoms with Crippen molar-refractivity contribution >= 4 is 19.8 Å². The molecule has 0 spiro atoms. The van der Waals surface area contributed by atoms with Crippen molar-refractivity contribution in [3.63, 3.8) is 0 Å². The van der Waals surface area contributed by atoms with Gasteiger partial charge in [-0.05, 0) is 89.9 Å². The Hall–Kier alpha value is -2.55. The number of esters is 2. The van der Waals surface area contributed by atoms with Gasteiger partial charge in [0.25, 0.3) is 0 Å². The van der Waals surface area contributed by atoms with Crippen molar-refractivity contribution < 1.29 is 37.6 Å². The number of hydrogen-bond acceptors (Lipinski definition) is 8. The van der Waals surface area contributed by atoms with Crippen LogP contribution in [0.1, 0.15) is 155 Å². The summed E-state index contributed by atoms with van der Waals surface area (Å²) >= 11 is 0. The largest absolute Gasteiger partial charge is 0.472 e. The Balaban J connectivity index is 4.32. The maximum Gasteiger partial charge on any atom is 0.472 e. The molecule has 9 nitrogen and oxygen atoms in total. The van der Waals surface area contributed by atoms with E-state index in [1.807, 2.05) is 0 Å². The van der Waals surface area contributed by atoms with Crippen molar-refractivity contribution in [2.75, 3.05) is 26.4 Å². The summed E-state index contributed by atoms with van der Waals surface area (Å²) in [5.41, 5.74) is 5.33. The number of carbonyl (C=O) groups excluding carboxylic acids is 2. The second kappa shape index (κ2) is 39.2. The molecule has 2 atom stereocenters. The summed E-state index contributed by atoms with van der Waals surface area (Å²) in [4.78, 5) is 34.8. The standard InChI is InChI=1S/C43H74NO8P/c1-3-5-7-9-11-13-15-17-19-20-22-23-25-27-29-31-33-35-42(45)49-39-41(40-51-53(47,48)50-38-37-44)52-43(46)36-34-32-30-28-26-24-21-18-16-14-12-10-8-6-4-2/h11-14,17-19,21-23,26,28,41H,3-10,15-16,20,24-25,27,29-40,44H2,1-2H3,(H,47,48)/t41-/m1/s1. The zero-order valence-corrected chi connectivity index (χ0v) is 34.1. The normalized spacial score (nSPS) is 14.1. The Morgan fingerprint density at radius 2 is 0.981 bits per heavy atom. The molecular weight excluding hydrogens is 689 g/mol. The number of carbonyl (C=O) groups is 2. The topological polar surface area (TPSA) is 134 Å². The quantitative estimate of drug-likeness (QED) is 0.0274. The fourth-order valence-corrected chi connectivity index (χ4v) is 5.76. The van der Waals surface area contributed by atoms with Gasteiger partial charge in [-0.15, -0.1) is 0 Å². The Morgan fingerprint density at radius 1 is 0.566 bits per heavy atom. The molecule has 0 saturated carbocycles. The molecule has 0 aromatic carbocycles. The molecule has 304 valence electrons. The second-order valence-corrected chi connectivity index (χ2v) is 14.6. The van der Waals surface area contributed by atoms with Crippen LogP contribution >= 0.6 is 7.82 Å². The third kappa shape index (κ3) is 39.0. The van der Waals surface area contributed by atoms with Crippen LogP contribution in [0.25, 0.3) is 0 Å². The monoisotopic (exact) mass is 764 g/mol. The van der Waals surface area contributed by atoms with E-state index in [1.54, 1.807) is 0 Å². The molecular formula is C43H74NO8P. The van der Waals surface area contributed by atoms with E-state index in [0.717, 1.165) is 70.6 Å². The van der Waals surface area contributed by atoms with Crippen LogP contribution < -0.4 is 5.73 Å². The minimum atomic E-state index is -4.39. The van der Waals surface area contributed by atoms with Crippen LogP contribution in [-0.2, 0) is 32.7 Å². The number of ether oxygens (including phenoxy) is 2. The van der Waals surface area contributed by atoms with Gasteiger partial charge in [0.2, 0.25) is 0 Å². The van der Waals surface area contributed by atoms with Gasteiger partial charge in [0.1, 0.15) is 6.61 Å². The number of hydrogen-bond donors (Lipinski definition) is 2. The molecule has 0 radical (unpaired) electrons. The molecule has 0 fully saturated rings. The molecule has 0 aromatic heterocycles. The first-order valence-corrected chi connectivity index (χ1v) is 21.9. The lowest BCUT2D eigenvalue weighted by Crippen LogP contribution is -2.29. The van der Waals surface area contributed by atoms with Gasteiger partial charge in [0.05, 0.1) is 13.2 Å². The molecule has 0 aliphatic carbocycles. The zero-order valence-electron chi connectivity index (χ0n) is 33.2. The van der Waals surface area contributed by atoms with Gasteiger partial charge in [-0.1, -0.05) is 125 Å². The van der Waals surface area contributed by atoms with Gasteiger partial charge in [0, 0.05) is 19.4 Å². The molecule has 53 heavy (non-hydrogen) atoms. The summed E-state index contributed by atoms with van der Waals surface area (Å²) in [7, 11) is -4.39. The summed E-state index contributed by atoms with van der Waals surface area (Å²) in [5.74, 6) is -0.907. The van der Waals surface area contributed by atoms with Crippen LogP contribution in [0.2, 0.25) is 0 Å². The smallest absolute Gasteiger partial charge is 0.462 e. The van der Waals surface area contributed by atoms with Crippen LogP contribution in [0, 0.1) is 0 Å². The molecule has 0 rings (SSSR count). The van der Waals surface area contributed by atoms with E-state index in [4.69, 9.17) is 24.3 Å². The van der Waals surface area contributed by atoms with Crippen LogP contribution in [0.4, 0.5) is 0 Å². The van der Waals surface area contributed by atoms with E-state index in [9.17, 15) is 19.0 Å². The average molecular weight is 764 g/mol. The summed E-state index contributed by atoms with van der Waals surface area (Å²) in [6, 6.07) is 0. The Morgan fingerprint density at radius 3 is 1.47 bits per heavy atom. The fraction of sp³-hybridized carbons (Fsp3) is 0.674. The third-order valence-electron chi connectivity index (χ3n) is 8.06. The summed E-state index contributed by atoms with van der Waals surface area (Å²) in [6.07, 6.45) is 46.4. The third-order valence-corrected chi connectivity index (χ3v) is 9.05. The second-order valence-electron chi connectivity index (χ2n) is 13.1. The zero-order chi connectivity index (χ0) is 38.9. The summed E-state index contributed by atoms with van der Waals surface area (Å²) in [5, 5.41) is 0. The lowest BCUT2D eigenvalue weighted by Gasteiger charge is -2.19. The molecule has 0 amide bonds. The SMILES string of the molecule is CCCCCC=CCC=CCC=CCCCCCCC(=O)OC[C@H](COP(=O)(O)OCCN)OC(=O)CCCCC=CCC=CCC=CCCCCC. The maximum absolute atomic E-state index is 12.5. The van der Waals surface area contributed by atoms with E-state index in [2.05, 4.69) is 86.8 Å². The maximum atomic E-state index is 12.5. The van der Waals surface area contributed by atoms with Gasteiger partial charge in [-0.25, -0.2) is 4.57 Å². The van der Waals surface area contributed by atoms with Crippen molar-refractivity contribution in [1.82, 2.24) is 0 Å². The molecule has 1 unspecified atom stereocenters. The van der Waals surface area contributed by atoms with E-state index < -0.39 is 32.5 Å². The molecule has 3 N–H and O–H groups in total. The van der Waals surface area contributed by atoms with Crippen molar-refractivity contribution in [2.24, 2.45) is 5.73 Å². The molecule has 10 heteroatoms. The summed E-state index contributed by atoms with van der Waals surface area (Å²) < 4.78 is 32.6. The first-order chi connectivity index (χ1) is 25.8. The van der Waals surface area contributed by atoms with E-state index in [0.29, 0.717) is 12.8 Å². The van der Waals surface area contributed by atoms with E-state index in [-0.39, 0.29) is 32.6 Å². The van der Waals surface area contributed by atoms with Gasteiger partial charge < -0.3 is 20.1 Å². The van der Waals surface area contributed by atoms with Crippen molar-refractivity contribution in [3.05, 3.63) is 72.9 Å². The predicted octanol–water partition coefficient (Wildman–Crippen LogP) is 11.5. The Kier molecular flexibility index (Phi) is 37.3. The lowest BCUT2D eigenvalue weighted by atomic mass is 10.1. The molecule has 0 heterocycles. The number of unbranched alkanes of at least 4 members (excludes halogenated alkanes) is 12. The van der Waals surface area contributed by atoms with E-state index in [1.165, 1.54) is 44.9 Å². The predicted molar refractivity (Wildman–Crippen MR) is 219 cm³/mol. The molecule has 0 saturated heterocycles. The summed E-state index contributed by atoms with van der Waals surface area (Å²) in [6.45, 7) is 3.58. The highest BCUT2D eigenvalue weighted by Crippen LogP contribution is 2.43. The van der Waals surface area contributed by atoms with Gasteiger partial charge in [-0.3, -0.25) is 18.6 Å². The number of rotatable bonds is 37. The number of allylic oxidation sites excluding steroid dienone is 12. The molecule has 0 aliphatic heterocycles. The van der Waals surface area contributed by atoms with Gasteiger partial charge in [0.15, 0.2) is 6.10 Å². The van der Waals surface area contributed by atoms with E-state index >= 15 is 0 Å². The van der Waals surface area contributed by atoms with Crippen LogP contribution in [0.3, 0.4) is 0 Å². The Labute approximate surface area is 322 Å². The van der Waals surface area contributed by atoms with Gasteiger partial charge >= 0.3 is 19.8 Å². The number of phosphoric acid groups is 1. The molecule has 0 aromatic rings. The number of nitrogens with two attached hydrogens (primary N) is 1. The van der Waals surface area contributed by atoms with Crippen molar-refractivity contribution in [2.45, 2.75) is 161 Å². The minimum absolute atomic E-state index is 0.0402. The fourth-order valence-electron chi connectivity index (χ4n) is 5.00. The minimum Gasteiger partial charge on any atom is -0.462 e. The molecule has 0 aliphatic rings. The van der Waals surface area contributed by atoms with Crippen molar-refractivity contribution in [3.8, 4) is 0 Å². The van der Waals surface area contributed by atoms with Gasteiger partial charge in [-0.2, -0.15) is 0 Å².